The van der Waals surface area contributed by atoms with E-state index in [1.807, 2.05) is 6.92 Å². The van der Waals surface area contributed by atoms with Crippen molar-refractivity contribution in [3.8, 4) is 21.1 Å². The van der Waals surface area contributed by atoms with E-state index in [1.165, 1.54) is 23.1 Å². The first-order valence-electron chi connectivity index (χ1n) is 8.17. The van der Waals surface area contributed by atoms with Gasteiger partial charge in [0.25, 0.3) is 0 Å². The summed E-state index contributed by atoms with van der Waals surface area (Å²) in [6.07, 6.45) is 2.57. The van der Waals surface area contributed by atoms with Crippen LogP contribution in [0.2, 0.25) is 0 Å². The topological polar surface area (TPSA) is 72.8 Å². The quantitative estimate of drug-likeness (QED) is 0.627. The van der Waals surface area contributed by atoms with Gasteiger partial charge in [-0.3, -0.25) is 0 Å². The average molecular weight is 388 g/mol. The van der Waals surface area contributed by atoms with Gasteiger partial charge in [0.05, 0.1) is 16.3 Å². The smallest absolute Gasteiger partial charge is 0.241 e. The van der Waals surface area contributed by atoms with Crippen LogP contribution in [0.4, 0.5) is 0 Å². The van der Waals surface area contributed by atoms with Gasteiger partial charge in [0.1, 0.15) is 5.01 Å². The van der Waals surface area contributed by atoms with E-state index in [2.05, 4.69) is 60.0 Å². The van der Waals surface area contributed by atoms with Crippen LogP contribution in [0.3, 0.4) is 0 Å². The number of rotatable bonds is 3. The van der Waals surface area contributed by atoms with Gasteiger partial charge in [0, 0.05) is 18.0 Å². The maximum atomic E-state index is 11.7. The molecule has 1 aromatic carbocycles. The Bertz CT molecular complexity index is 1050. The molecule has 0 amide bonds. The molecule has 0 radical (unpaired) electrons. The second-order valence-electron chi connectivity index (χ2n) is 7.26. The summed E-state index contributed by atoms with van der Waals surface area (Å²) in [5.74, 6) is 0. The van der Waals surface area contributed by atoms with Crippen molar-refractivity contribution in [2.24, 2.45) is 0 Å². The lowest BCUT2D eigenvalue weighted by Gasteiger charge is -2.18. The minimum Gasteiger partial charge on any atom is -0.241 e. The summed E-state index contributed by atoms with van der Waals surface area (Å²) in [7, 11) is -3.45. The number of benzene rings is 1. The summed E-state index contributed by atoms with van der Waals surface area (Å²) in [5, 5.41) is 0.719. The maximum Gasteiger partial charge on any atom is 0.247 e. The van der Waals surface area contributed by atoms with Crippen LogP contribution in [0.1, 0.15) is 32.0 Å². The van der Waals surface area contributed by atoms with Crippen molar-refractivity contribution < 1.29 is 8.42 Å². The van der Waals surface area contributed by atoms with Crippen LogP contribution in [-0.4, -0.2) is 29.6 Å². The highest BCUT2D eigenvalue weighted by Gasteiger charge is 2.17. The molecule has 2 heterocycles. The molecule has 3 aromatic rings. The van der Waals surface area contributed by atoms with Gasteiger partial charge in [-0.1, -0.05) is 45.0 Å². The van der Waals surface area contributed by atoms with Crippen molar-refractivity contribution in [1.29, 1.82) is 0 Å². The zero-order valence-corrected chi connectivity index (χ0v) is 17.1. The number of sulfone groups is 1. The fourth-order valence-electron chi connectivity index (χ4n) is 2.52. The minimum atomic E-state index is -3.45. The summed E-state index contributed by atoms with van der Waals surface area (Å²) in [4.78, 5) is 13.6. The summed E-state index contributed by atoms with van der Waals surface area (Å²) >= 11 is 1.50. The van der Waals surface area contributed by atoms with Crippen molar-refractivity contribution in [3.05, 3.63) is 47.8 Å². The Labute approximate surface area is 158 Å². The van der Waals surface area contributed by atoms with Crippen LogP contribution in [0.15, 0.2) is 41.7 Å². The monoisotopic (exact) mass is 387 g/mol. The highest BCUT2D eigenvalue weighted by molar-refractivity contribution is 7.90. The average Bonchev–Trinajstić information content (AvgIpc) is 2.95. The number of hydrogen-bond acceptors (Lipinski definition) is 6. The maximum absolute atomic E-state index is 11.7. The molecule has 0 unspecified atom stereocenters. The highest BCUT2D eigenvalue weighted by Crippen LogP contribution is 2.35. The fourth-order valence-corrected chi connectivity index (χ4v) is 4.07. The van der Waals surface area contributed by atoms with Gasteiger partial charge in [-0.05, 0) is 24.0 Å². The summed E-state index contributed by atoms with van der Waals surface area (Å²) < 4.78 is 23.4. The lowest BCUT2D eigenvalue weighted by Crippen LogP contribution is -2.10. The molecule has 0 aliphatic heterocycles. The van der Waals surface area contributed by atoms with Crippen molar-refractivity contribution in [1.82, 2.24) is 15.0 Å². The third-order valence-electron chi connectivity index (χ3n) is 3.99. The number of aryl methyl sites for hydroxylation is 1. The molecule has 0 atom stereocenters. The van der Waals surface area contributed by atoms with E-state index in [1.54, 1.807) is 6.07 Å². The van der Waals surface area contributed by atoms with Crippen LogP contribution < -0.4 is 0 Å². The molecule has 0 aliphatic rings. The Kier molecular flexibility index (Phi) is 4.71. The molecule has 0 fully saturated rings. The molecule has 0 bridgehead atoms. The second kappa shape index (κ2) is 6.55. The number of hydrogen-bond donors (Lipinski definition) is 0. The molecule has 3 rings (SSSR count). The summed E-state index contributed by atoms with van der Waals surface area (Å²) in [6.45, 7) is 8.45. The van der Waals surface area contributed by atoms with Crippen molar-refractivity contribution >= 4 is 21.2 Å². The van der Waals surface area contributed by atoms with Gasteiger partial charge in [-0.15, -0.1) is 11.3 Å². The molecule has 136 valence electrons. The zero-order valence-electron chi connectivity index (χ0n) is 15.4. The van der Waals surface area contributed by atoms with E-state index in [0.717, 1.165) is 27.4 Å². The van der Waals surface area contributed by atoms with E-state index in [-0.39, 0.29) is 10.6 Å². The van der Waals surface area contributed by atoms with Crippen LogP contribution in [-0.2, 0) is 15.3 Å². The predicted octanol–water partition coefficient (Wildman–Crippen LogP) is 4.28. The predicted molar refractivity (Wildman–Crippen MR) is 105 cm³/mol. The van der Waals surface area contributed by atoms with Crippen LogP contribution in [0.5, 0.6) is 0 Å². The molecule has 2 aromatic heterocycles. The molecule has 26 heavy (non-hydrogen) atoms. The highest BCUT2D eigenvalue weighted by atomic mass is 32.2. The third-order valence-corrected chi connectivity index (χ3v) is 6.08. The fraction of sp³-hybridized carbons (Fsp3) is 0.316. The van der Waals surface area contributed by atoms with Crippen molar-refractivity contribution in [2.45, 2.75) is 38.3 Å². The Morgan fingerprint density at radius 3 is 2.23 bits per heavy atom. The Balaban J connectivity index is 2.00. The van der Waals surface area contributed by atoms with E-state index < -0.39 is 9.84 Å². The van der Waals surface area contributed by atoms with E-state index in [0.29, 0.717) is 5.69 Å². The largest absolute Gasteiger partial charge is 0.247 e. The zero-order chi connectivity index (χ0) is 19.1. The van der Waals surface area contributed by atoms with Crippen LogP contribution >= 0.6 is 11.3 Å². The van der Waals surface area contributed by atoms with E-state index in [9.17, 15) is 8.42 Å². The molecular weight excluding hydrogens is 366 g/mol. The Morgan fingerprint density at radius 1 is 1.00 bits per heavy atom. The van der Waals surface area contributed by atoms with Crippen molar-refractivity contribution in [2.75, 3.05) is 6.26 Å². The van der Waals surface area contributed by atoms with E-state index >= 15 is 0 Å². The van der Waals surface area contributed by atoms with Crippen LogP contribution in [0.25, 0.3) is 21.1 Å². The van der Waals surface area contributed by atoms with Gasteiger partial charge in [-0.25, -0.2) is 23.4 Å². The number of thiazole rings is 1. The molecule has 0 saturated carbocycles. The molecule has 0 spiro atoms. The second-order valence-corrected chi connectivity index (χ2v) is 10.2. The molecule has 5 nitrogen and oxygen atoms in total. The lowest BCUT2D eigenvalue weighted by atomic mass is 9.87. The first-order chi connectivity index (χ1) is 12.1. The summed E-state index contributed by atoms with van der Waals surface area (Å²) in [6, 6.07) is 10.1. The normalized spacial score (nSPS) is 12.3. The third kappa shape index (κ3) is 3.83. The van der Waals surface area contributed by atoms with E-state index in [4.69, 9.17) is 0 Å². The van der Waals surface area contributed by atoms with Crippen molar-refractivity contribution in [3.63, 3.8) is 0 Å². The number of nitrogens with zero attached hydrogens (tertiary/aromatic N) is 3. The molecular formula is C19H21N3O2S2. The lowest BCUT2D eigenvalue weighted by molar-refractivity contribution is 0.590. The first kappa shape index (κ1) is 18.7. The van der Waals surface area contributed by atoms with Gasteiger partial charge in [0.2, 0.25) is 15.0 Å². The number of aromatic nitrogens is 3. The SMILES string of the molecule is Cc1nc(-c2ccc(C(C)(C)C)cc2)sc1-c1ccnc(S(C)(=O)=O)n1. The molecule has 0 aliphatic carbocycles. The Morgan fingerprint density at radius 2 is 1.65 bits per heavy atom. The van der Waals surface area contributed by atoms with Gasteiger partial charge < -0.3 is 0 Å². The van der Waals surface area contributed by atoms with Crippen LogP contribution in [0, 0.1) is 6.92 Å². The molecule has 0 saturated heterocycles. The van der Waals surface area contributed by atoms with Gasteiger partial charge >= 0.3 is 0 Å². The minimum absolute atomic E-state index is 0.103. The molecule has 7 heteroatoms. The standard InChI is InChI=1S/C19H21N3O2S2/c1-12-16(15-10-11-20-18(22-15)26(5,23)24)25-17(21-12)13-6-8-14(9-7-13)19(2,3)4/h6-11H,1-5H3. The summed E-state index contributed by atoms with van der Waals surface area (Å²) in [5.41, 5.74) is 3.81. The van der Waals surface area contributed by atoms with Gasteiger partial charge in [0.15, 0.2) is 0 Å². The Hall–Kier alpha value is -2.12. The first-order valence-corrected chi connectivity index (χ1v) is 10.9. The molecule has 0 N–H and O–H groups in total. The van der Waals surface area contributed by atoms with Gasteiger partial charge in [-0.2, -0.15) is 0 Å².